The molecule has 4 heteroatoms. The van der Waals surface area contributed by atoms with E-state index in [1.165, 1.54) is 0 Å². The summed E-state index contributed by atoms with van der Waals surface area (Å²) in [6.07, 6.45) is 4.64. The van der Waals surface area contributed by atoms with Gasteiger partial charge in [0.15, 0.2) is 5.54 Å². The van der Waals surface area contributed by atoms with Crippen LogP contribution in [0.1, 0.15) is 33.1 Å². The molecule has 1 unspecified atom stereocenters. The van der Waals surface area contributed by atoms with Gasteiger partial charge in [0.05, 0.1) is 5.70 Å². The lowest BCUT2D eigenvalue weighted by Gasteiger charge is -2.16. The highest BCUT2D eigenvalue weighted by atomic mass is 32.1. The molecule has 1 aliphatic rings. The molecule has 1 radical (unpaired) electrons. The molecular formula is C9H14N3S. The van der Waals surface area contributed by atoms with Crippen molar-refractivity contribution in [2.45, 2.75) is 38.6 Å². The van der Waals surface area contributed by atoms with E-state index in [0.717, 1.165) is 25.0 Å². The van der Waals surface area contributed by atoms with Crippen LogP contribution >= 0.6 is 12.2 Å². The van der Waals surface area contributed by atoms with Gasteiger partial charge in [0.2, 0.25) is 0 Å². The molecule has 0 saturated heterocycles. The normalized spacial score (nSPS) is 26.2. The molecule has 0 amide bonds. The Balaban J connectivity index is 2.84. The number of rotatable bonds is 4. The highest BCUT2D eigenvalue weighted by molar-refractivity contribution is 7.80. The van der Waals surface area contributed by atoms with Gasteiger partial charge in [-0.3, -0.25) is 5.73 Å². The molecule has 0 aliphatic carbocycles. The summed E-state index contributed by atoms with van der Waals surface area (Å²) in [5.41, 5.74) is 7.85. The lowest BCUT2D eigenvalue weighted by molar-refractivity contribution is 0.661. The third-order valence-corrected chi connectivity index (χ3v) is 2.55. The first-order valence-electron chi connectivity index (χ1n) is 4.55. The number of nitrogens with one attached hydrogen (secondary N) is 1. The summed E-state index contributed by atoms with van der Waals surface area (Å²) in [4.78, 5) is 0.171. The van der Waals surface area contributed by atoms with Gasteiger partial charge in [-0.05, 0) is 18.9 Å². The fourth-order valence-electron chi connectivity index (χ4n) is 1.31. The minimum Gasteiger partial charge on any atom is -0.291 e. The molecule has 0 bridgehead atoms. The molecular weight excluding hydrogens is 182 g/mol. The van der Waals surface area contributed by atoms with Crippen LogP contribution in [-0.4, -0.2) is 10.5 Å². The smallest absolute Gasteiger partial charge is 0.153 e. The third-order valence-electron chi connectivity index (χ3n) is 2.20. The SMILES string of the molecule is CCCC1=CC(CC)(C([NH])=S)N=N1. The highest BCUT2D eigenvalue weighted by Crippen LogP contribution is 2.29. The Morgan fingerprint density at radius 3 is 2.69 bits per heavy atom. The van der Waals surface area contributed by atoms with Crippen LogP contribution in [0, 0.1) is 0 Å². The molecule has 0 saturated carbocycles. The number of azo groups is 1. The van der Waals surface area contributed by atoms with Gasteiger partial charge in [-0.2, -0.15) is 10.2 Å². The second kappa shape index (κ2) is 3.96. The molecule has 1 atom stereocenters. The zero-order chi connectivity index (χ0) is 9.90. The third kappa shape index (κ3) is 1.94. The minimum atomic E-state index is -0.597. The predicted molar refractivity (Wildman–Crippen MR) is 56.6 cm³/mol. The number of thiocarbonyl (C=S) groups is 1. The Morgan fingerprint density at radius 2 is 2.31 bits per heavy atom. The van der Waals surface area contributed by atoms with Gasteiger partial charge >= 0.3 is 0 Å². The van der Waals surface area contributed by atoms with Crippen LogP contribution in [0.2, 0.25) is 0 Å². The molecule has 0 spiro atoms. The van der Waals surface area contributed by atoms with E-state index in [9.17, 15) is 0 Å². The number of allylic oxidation sites excluding steroid dienone is 1. The molecule has 1 heterocycles. The molecule has 0 fully saturated rings. The van der Waals surface area contributed by atoms with Crippen LogP contribution in [0.3, 0.4) is 0 Å². The maximum Gasteiger partial charge on any atom is 0.153 e. The van der Waals surface area contributed by atoms with Gasteiger partial charge in [0, 0.05) is 0 Å². The van der Waals surface area contributed by atoms with Crippen molar-refractivity contribution in [1.29, 1.82) is 0 Å². The second-order valence-electron chi connectivity index (χ2n) is 3.19. The van der Waals surface area contributed by atoms with Gasteiger partial charge in [-0.1, -0.05) is 32.5 Å². The standard InChI is InChI=1S/C9H14N3S/c1-3-5-7-6-9(4-2,8(10)13)12-11-7/h6,10H,3-5H2,1-2H3. The lowest BCUT2D eigenvalue weighted by atomic mass is 9.96. The van der Waals surface area contributed by atoms with Gasteiger partial charge < -0.3 is 0 Å². The molecule has 13 heavy (non-hydrogen) atoms. The van der Waals surface area contributed by atoms with E-state index in [0.29, 0.717) is 0 Å². The fourth-order valence-corrected chi connectivity index (χ4v) is 1.55. The van der Waals surface area contributed by atoms with Crippen molar-refractivity contribution in [2.75, 3.05) is 0 Å². The largest absolute Gasteiger partial charge is 0.291 e. The summed E-state index contributed by atoms with van der Waals surface area (Å²) in [6.45, 7) is 4.08. The van der Waals surface area contributed by atoms with Gasteiger partial charge in [0.25, 0.3) is 0 Å². The van der Waals surface area contributed by atoms with Gasteiger partial charge in [-0.15, -0.1) is 0 Å². The Bertz CT molecular complexity index is 270. The molecule has 1 N–H and O–H groups in total. The monoisotopic (exact) mass is 196 g/mol. The van der Waals surface area contributed by atoms with Gasteiger partial charge in [-0.25, -0.2) is 0 Å². The maximum atomic E-state index is 7.48. The second-order valence-corrected chi connectivity index (χ2v) is 3.60. The van der Waals surface area contributed by atoms with E-state index in [1.807, 2.05) is 13.0 Å². The van der Waals surface area contributed by atoms with Crippen molar-refractivity contribution in [2.24, 2.45) is 10.2 Å². The maximum absolute atomic E-state index is 7.48. The van der Waals surface area contributed by atoms with Gasteiger partial charge in [0.1, 0.15) is 4.99 Å². The topological polar surface area (TPSA) is 48.5 Å². The molecule has 1 rings (SSSR count). The van der Waals surface area contributed by atoms with E-state index in [-0.39, 0.29) is 4.99 Å². The van der Waals surface area contributed by atoms with Crippen LogP contribution in [0.5, 0.6) is 0 Å². The molecule has 71 valence electrons. The summed E-state index contributed by atoms with van der Waals surface area (Å²) in [6, 6.07) is 0. The van der Waals surface area contributed by atoms with Crippen LogP contribution in [-0.2, 0) is 0 Å². The zero-order valence-corrected chi connectivity index (χ0v) is 8.82. The zero-order valence-electron chi connectivity index (χ0n) is 8.00. The average Bonchev–Trinajstić information content (AvgIpc) is 2.50. The molecule has 0 aromatic carbocycles. The van der Waals surface area contributed by atoms with E-state index in [2.05, 4.69) is 17.2 Å². The van der Waals surface area contributed by atoms with Crippen molar-refractivity contribution in [1.82, 2.24) is 5.73 Å². The lowest BCUT2D eigenvalue weighted by Crippen LogP contribution is -2.31. The summed E-state index contributed by atoms with van der Waals surface area (Å²) < 4.78 is 0. The quantitative estimate of drug-likeness (QED) is 0.638. The molecule has 1 aliphatic heterocycles. The summed E-state index contributed by atoms with van der Waals surface area (Å²) >= 11 is 4.87. The highest BCUT2D eigenvalue weighted by Gasteiger charge is 2.33. The Morgan fingerprint density at radius 1 is 1.62 bits per heavy atom. The van der Waals surface area contributed by atoms with E-state index in [4.69, 9.17) is 18.0 Å². The minimum absolute atomic E-state index is 0.171. The first-order chi connectivity index (χ1) is 6.14. The summed E-state index contributed by atoms with van der Waals surface area (Å²) in [5.74, 6) is 0. The van der Waals surface area contributed by atoms with E-state index < -0.39 is 5.54 Å². The van der Waals surface area contributed by atoms with Crippen molar-refractivity contribution in [3.05, 3.63) is 11.8 Å². The van der Waals surface area contributed by atoms with E-state index >= 15 is 0 Å². The number of nitrogens with zero attached hydrogens (tertiary/aromatic N) is 2. The summed E-state index contributed by atoms with van der Waals surface area (Å²) in [5, 5.41) is 8.14. The fraction of sp³-hybridized carbons (Fsp3) is 0.667. The van der Waals surface area contributed by atoms with Crippen molar-refractivity contribution in [3.8, 4) is 0 Å². The Labute approximate surface area is 84.1 Å². The van der Waals surface area contributed by atoms with Crippen molar-refractivity contribution >= 4 is 17.2 Å². The first-order valence-corrected chi connectivity index (χ1v) is 4.96. The number of hydrogen-bond acceptors (Lipinski definition) is 3. The summed E-state index contributed by atoms with van der Waals surface area (Å²) in [7, 11) is 0. The number of hydrogen-bond donors (Lipinski definition) is 0. The van der Waals surface area contributed by atoms with Crippen molar-refractivity contribution in [3.63, 3.8) is 0 Å². The van der Waals surface area contributed by atoms with Crippen LogP contribution in [0.25, 0.3) is 0 Å². The molecule has 0 aromatic heterocycles. The molecule has 3 nitrogen and oxygen atoms in total. The van der Waals surface area contributed by atoms with Crippen LogP contribution in [0.4, 0.5) is 0 Å². The molecule has 0 aromatic rings. The first kappa shape index (κ1) is 10.3. The average molecular weight is 196 g/mol. The van der Waals surface area contributed by atoms with Crippen LogP contribution in [0.15, 0.2) is 22.0 Å². The Hall–Kier alpha value is -0.770. The van der Waals surface area contributed by atoms with Crippen molar-refractivity contribution < 1.29 is 0 Å². The predicted octanol–water partition coefficient (Wildman–Crippen LogP) is 2.90. The van der Waals surface area contributed by atoms with Crippen LogP contribution < -0.4 is 5.73 Å². The Kier molecular flexibility index (Phi) is 3.14. The van der Waals surface area contributed by atoms with E-state index in [1.54, 1.807) is 0 Å².